The van der Waals surface area contributed by atoms with Crippen molar-refractivity contribution in [2.24, 2.45) is 11.7 Å². The lowest BCUT2D eigenvalue weighted by atomic mass is 9.95. The molecular formula is C15H24N4O. The van der Waals surface area contributed by atoms with Crippen molar-refractivity contribution >= 4 is 11.7 Å². The van der Waals surface area contributed by atoms with E-state index in [0.29, 0.717) is 0 Å². The number of hydrogen-bond donors (Lipinski definition) is 2. The van der Waals surface area contributed by atoms with Gasteiger partial charge < -0.3 is 16.0 Å². The minimum atomic E-state index is -0.174. The first kappa shape index (κ1) is 14.8. The number of nitrogens with zero attached hydrogens (tertiary/aromatic N) is 2. The number of carbonyl (C=O) groups excluding carboxylic acids is 1. The second kappa shape index (κ2) is 6.70. The highest BCUT2D eigenvalue weighted by Gasteiger charge is 2.25. The van der Waals surface area contributed by atoms with Gasteiger partial charge in [-0.15, -0.1) is 0 Å². The number of amides is 1. The predicted octanol–water partition coefficient (Wildman–Crippen LogP) is 1.45. The second-order valence-electron chi connectivity index (χ2n) is 5.36. The first-order valence-electron chi connectivity index (χ1n) is 7.36. The third-order valence-corrected chi connectivity index (χ3v) is 3.99. The van der Waals surface area contributed by atoms with Crippen molar-refractivity contribution in [2.75, 3.05) is 24.5 Å². The Kier molecular flexibility index (Phi) is 4.95. The molecule has 1 aromatic heterocycles. The van der Waals surface area contributed by atoms with Crippen LogP contribution in [0.15, 0.2) is 18.3 Å². The van der Waals surface area contributed by atoms with Gasteiger partial charge in [0.1, 0.15) is 5.82 Å². The molecule has 0 bridgehead atoms. The standard InChI is InChI=1S/C15H24N4O/c1-3-17-11(2)13-5-4-8-18-15(13)19-9-6-12(7-10-19)14(16)20/h4-5,8,11-12,17H,3,6-7,9-10H2,1-2H3,(H2,16,20). The Morgan fingerprint density at radius 1 is 1.55 bits per heavy atom. The van der Waals surface area contributed by atoms with E-state index in [1.165, 1.54) is 5.56 Å². The van der Waals surface area contributed by atoms with Crippen LogP contribution in [0.2, 0.25) is 0 Å². The maximum Gasteiger partial charge on any atom is 0.220 e. The number of piperidine rings is 1. The molecule has 1 aliphatic heterocycles. The van der Waals surface area contributed by atoms with Crippen LogP contribution in [0.5, 0.6) is 0 Å². The van der Waals surface area contributed by atoms with Crippen molar-refractivity contribution in [2.45, 2.75) is 32.7 Å². The molecule has 2 rings (SSSR count). The number of rotatable bonds is 5. The maximum atomic E-state index is 11.2. The average Bonchev–Trinajstić information content (AvgIpc) is 2.47. The summed E-state index contributed by atoms with van der Waals surface area (Å²) in [7, 11) is 0. The van der Waals surface area contributed by atoms with Gasteiger partial charge in [0, 0.05) is 36.8 Å². The van der Waals surface area contributed by atoms with Crippen LogP contribution in [0.25, 0.3) is 0 Å². The second-order valence-corrected chi connectivity index (χ2v) is 5.36. The molecule has 1 fully saturated rings. The van der Waals surface area contributed by atoms with Crippen molar-refractivity contribution in [1.29, 1.82) is 0 Å². The SMILES string of the molecule is CCNC(C)c1cccnc1N1CCC(C(N)=O)CC1. The summed E-state index contributed by atoms with van der Waals surface area (Å²) in [6, 6.07) is 4.37. The topological polar surface area (TPSA) is 71.2 Å². The van der Waals surface area contributed by atoms with Crippen LogP contribution in [0.1, 0.15) is 38.3 Å². The number of pyridine rings is 1. The third-order valence-electron chi connectivity index (χ3n) is 3.99. The lowest BCUT2D eigenvalue weighted by molar-refractivity contribution is -0.122. The largest absolute Gasteiger partial charge is 0.369 e. The van der Waals surface area contributed by atoms with Crippen LogP contribution >= 0.6 is 0 Å². The van der Waals surface area contributed by atoms with Crippen LogP contribution in [0.3, 0.4) is 0 Å². The molecule has 3 N–H and O–H groups in total. The fourth-order valence-electron chi connectivity index (χ4n) is 2.80. The zero-order valence-electron chi connectivity index (χ0n) is 12.3. The van der Waals surface area contributed by atoms with Gasteiger partial charge in [-0.3, -0.25) is 4.79 Å². The molecule has 1 saturated heterocycles. The number of hydrogen-bond acceptors (Lipinski definition) is 4. The molecule has 0 spiro atoms. The minimum Gasteiger partial charge on any atom is -0.369 e. The number of primary amides is 1. The maximum absolute atomic E-state index is 11.2. The molecule has 1 aromatic rings. The highest BCUT2D eigenvalue weighted by atomic mass is 16.1. The number of aromatic nitrogens is 1. The molecule has 1 amide bonds. The Morgan fingerprint density at radius 2 is 2.25 bits per heavy atom. The first-order valence-corrected chi connectivity index (χ1v) is 7.36. The van der Waals surface area contributed by atoms with Crippen LogP contribution in [-0.2, 0) is 4.79 Å². The molecule has 0 aromatic carbocycles. The summed E-state index contributed by atoms with van der Waals surface area (Å²) < 4.78 is 0. The smallest absolute Gasteiger partial charge is 0.220 e. The van der Waals surface area contributed by atoms with E-state index >= 15 is 0 Å². The van der Waals surface area contributed by atoms with Gasteiger partial charge >= 0.3 is 0 Å². The number of anilines is 1. The molecule has 5 nitrogen and oxygen atoms in total. The Morgan fingerprint density at radius 3 is 2.85 bits per heavy atom. The Labute approximate surface area is 120 Å². The highest BCUT2D eigenvalue weighted by Crippen LogP contribution is 2.27. The van der Waals surface area contributed by atoms with Crippen LogP contribution in [0.4, 0.5) is 5.82 Å². The molecule has 20 heavy (non-hydrogen) atoms. The highest BCUT2D eigenvalue weighted by molar-refractivity contribution is 5.77. The molecule has 5 heteroatoms. The molecule has 1 atom stereocenters. The van der Waals surface area contributed by atoms with Gasteiger partial charge in [-0.1, -0.05) is 13.0 Å². The zero-order valence-corrected chi connectivity index (χ0v) is 12.3. The Balaban J connectivity index is 2.11. The van der Waals surface area contributed by atoms with Crippen molar-refractivity contribution in [3.05, 3.63) is 23.9 Å². The van der Waals surface area contributed by atoms with Crippen LogP contribution < -0.4 is 16.0 Å². The van der Waals surface area contributed by atoms with E-state index in [-0.39, 0.29) is 17.9 Å². The van der Waals surface area contributed by atoms with Gasteiger partial charge in [-0.25, -0.2) is 4.98 Å². The van der Waals surface area contributed by atoms with Gasteiger partial charge in [0.05, 0.1) is 0 Å². The van der Waals surface area contributed by atoms with E-state index in [1.807, 2.05) is 12.3 Å². The van der Waals surface area contributed by atoms with E-state index < -0.39 is 0 Å². The van der Waals surface area contributed by atoms with E-state index in [0.717, 1.165) is 38.3 Å². The molecule has 110 valence electrons. The summed E-state index contributed by atoms with van der Waals surface area (Å²) in [4.78, 5) is 18.0. The molecule has 0 saturated carbocycles. The van der Waals surface area contributed by atoms with Crippen molar-refractivity contribution in [3.63, 3.8) is 0 Å². The first-order chi connectivity index (χ1) is 9.63. The summed E-state index contributed by atoms with van der Waals surface area (Å²) >= 11 is 0. The average molecular weight is 276 g/mol. The van der Waals surface area contributed by atoms with E-state index in [2.05, 4.69) is 35.1 Å². The molecule has 0 aliphatic carbocycles. The fourth-order valence-corrected chi connectivity index (χ4v) is 2.80. The number of nitrogens with one attached hydrogen (secondary N) is 1. The van der Waals surface area contributed by atoms with Crippen LogP contribution in [0, 0.1) is 5.92 Å². The molecule has 1 aliphatic rings. The van der Waals surface area contributed by atoms with Gasteiger partial charge in [0.2, 0.25) is 5.91 Å². The summed E-state index contributed by atoms with van der Waals surface area (Å²) in [5.74, 6) is 0.875. The molecule has 0 radical (unpaired) electrons. The van der Waals surface area contributed by atoms with Crippen molar-refractivity contribution in [1.82, 2.24) is 10.3 Å². The lowest BCUT2D eigenvalue weighted by Gasteiger charge is -2.33. The zero-order chi connectivity index (χ0) is 14.5. The van der Waals surface area contributed by atoms with Gasteiger partial charge in [-0.2, -0.15) is 0 Å². The molecular weight excluding hydrogens is 252 g/mol. The van der Waals surface area contributed by atoms with Gasteiger partial charge in [0.25, 0.3) is 0 Å². The number of carbonyl (C=O) groups is 1. The molecule has 2 heterocycles. The summed E-state index contributed by atoms with van der Waals surface area (Å²) in [5.41, 5.74) is 6.60. The molecule has 1 unspecified atom stereocenters. The van der Waals surface area contributed by atoms with Gasteiger partial charge in [0.15, 0.2) is 0 Å². The van der Waals surface area contributed by atoms with E-state index in [9.17, 15) is 4.79 Å². The lowest BCUT2D eigenvalue weighted by Crippen LogP contribution is -2.39. The predicted molar refractivity (Wildman–Crippen MR) is 80.5 cm³/mol. The Bertz CT molecular complexity index is 455. The third kappa shape index (κ3) is 3.28. The minimum absolute atomic E-state index is 0.0182. The van der Waals surface area contributed by atoms with E-state index in [4.69, 9.17) is 5.73 Å². The Hall–Kier alpha value is -1.62. The monoisotopic (exact) mass is 276 g/mol. The normalized spacial score (nSPS) is 18.0. The van der Waals surface area contributed by atoms with Crippen molar-refractivity contribution in [3.8, 4) is 0 Å². The number of nitrogens with two attached hydrogens (primary N) is 1. The summed E-state index contributed by atoms with van der Waals surface area (Å²) in [5, 5.41) is 3.43. The van der Waals surface area contributed by atoms with E-state index in [1.54, 1.807) is 0 Å². The fraction of sp³-hybridized carbons (Fsp3) is 0.600. The summed E-state index contributed by atoms with van der Waals surface area (Å²) in [6.45, 7) is 6.87. The summed E-state index contributed by atoms with van der Waals surface area (Å²) in [6.07, 6.45) is 3.47. The van der Waals surface area contributed by atoms with Crippen molar-refractivity contribution < 1.29 is 4.79 Å². The van der Waals surface area contributed by atoms with Crippen LogP contribution in [-0.4, -0.2) is 30.5 Å². The van der Waals surface area contributed by atoms with Gasteiger partial charge in [-0.05, 0) is 32.4 Å². The quantitative estimate of drug-likeness (QED) is 0.854.